The molecule has 1 aliphatic rings. The van der Waals surface area contributed by atoms with Gasteiger partial charge in [0, 0.05) is 12.6 Å². The molecule has 0 atom stereocenters. The van der Waals surface area contributed by atoms with E-state index in [2.05, 4.69) is 5.32 Å². The number of carbonyl (C=O) groups is 3. The van der Waals surface area contributed by atoms with E-state index < -0.39 is 11.8 Å². The maximum absolute atomic E-state index is 12.9. The number of carbonyl (C=O) groups excluding carboxylic acids is 3. The number of hydrogen-bond donors (Lipinski definition) is 1. The normalized spacial score (nSPS) is 14.0. The Morgan fingerprint density at radius 2 is 1.67 bits per heavy atom. The fourth-order valence-corrected chi connectivity index (χ4v) is 3.04. The molecule has 0 fully saturated rings. The Hall–Kier alpha value is -3.12. The third kappa shape index (κ3) is 3.71. The summed E-state index contributed by atoms with van der Waals surface area (Å²) >= 11 is 6.18. The van der Waals surface area contributed by atoms with Gasteiger partial charge >= 0.3 is 0 Å². The maximum atomic E-state index is 12.9. The van der Waals surface area contributed by atoms with Crippen LogP contribution in [0.3, 0.4) is 0 Å². The summed E-state index contributed by atoms with van der Waals surface area (Å²) in [5, 5.41) is 2.50. The van der Waals surface area contributed by atoms with Crippen molar-refractivity contribution in [2.75, 3.05) is 16.8 Å². The summed E-state index contributed by atoms with van der Waals surface area (Å²) in [6, 6.07) is 13.2. The Bertz CT molecular complexity index is 933. The fraction of sp³-hybridized carbons (Fsp3) is 0.150. The summed E-state index contributed by atoms with van der Waals surface area (Å²) in [6.07, 6.45) is 0. The SMILES string of the molecule is CCOc1ccc(N2C(=O)C(Cl)=C(c3ccc(NC(C)=O)cc3)C2=O)cc1. The first-order valence-corrected chi connectivity index (χ1v) is 8.69. The van der Waals surface area contributed by atoms with Crippen LogP contribution in [-0.2, 0) is 14.4 Å². The molecule has 0 radical (unpaired) electrons. The minimum absolute atomic E-state index is 0.130. The van der Waals surface area contributed by atoms with E-state index in [0.29, 0.717) is 29.3 Å². The second-order valence-corrected chi connectivity index (χ2v) is 6.20. The van der Waals surface area contributed by atoms with Gasteiger partial charge in [-0.15, -0.1) is 0 Å². The topological polar surface area (TPSA) is 75.7 Å². The molecule has 0 aromatic heterocycles. The average molecular weight is 385 g/mol. The first-order valence-electron chi connectivity index (χ1n) is 8.31. The van der Waals surface area contributed by atoms with Gasteiger partial charge in [0.2, 0.25) is 5.91 Å². The third-order valence-electron chi connectivity index (χ3n) is 3.93. The van der Waals surface area contributed by atoms with Crippen LogP contribution in [0.5, 0.6) is 5.75 Å². The van der Waals surface area contributed by atoms with Gasteiger partial charge in [-0.25, -0.2) is 4.90 Å². The molecule has 0 bridgehead atoms. The van der Waals surface area contributed by atoms with Gasteiger partial charge in [-0.05, 0) is 48.9 Å². The smallest absolute Gasteiger partial charge is 0.277 e. The molecule has 0 unspecified atom stereocenters. The first-order chi connectivity index (χ1) is 12.9. The van der Waals surface area contributed by atoms with Gasteiger partial charge in [-0.2, -0.15) is 0 Å². The number of nitrogens with zero attached hydrogens (tertiary/aromatic N) is 1. The highest BCUT2D eigenvalue weighted by atomic mass is 35.5. The van der Waals surface area contributed by atoms with Crippen molar-refractivity contribution >= 4 is 46.3 Å². The van der Waals surface area contributed by atoms with Crippen molar-refractivity contribution in [3.8, 4) is 5.75 Å². The molecule has 2 aromatic carbocycles. The van der Waals surface area contributed by atoms with Gasteiger partial charge in [-0.1, -0.05) is 23.7 Å². The zero-order valence-corrected chi connectivity index (χ0v) is 15.5. The van der Waals surface area contributed by atoms with E-state index in [1.54, 1.807) is 48.5 Å². The highest BCUT2D eigenvalue weighted by Gasteiger charge is 2.39. The molecule has 1 heterocycles. The van der Waals surface area contributed by atoms with Crippen LogP contribution in [0.4, 0.5) is 11.4 Å². The number of rotatable bonds is 5. The molecule has 2 aromatic rings. The zero-order chi connectivity index (χ0) is 19.6. The summed E-state index contributed by atoms with van der Waals surface area (Å²) in [5.74, 6) is -0.629. The number of imide groups is 1. The molecule has 0 spiro atoms. The first kappa shape index (κ1) is 18.7. The number of halogens is 1. The van der Waals surface area contributed by atoms with Gasteiger partial charge in [0.1, 0.15) is 10.8 Å². The number of benzene rings is 2. The molecule has 0 aliphatic carbocycles. The quantitative estimate of drug-likeness (QED) is 0.799. The summed E-state index contributed by atoms with van der Waals surface area (Å²) in [7, 11) is 0. The van der Waals surface area contributed by atoms with Crippen LogP contribution >= 0.6 is 11.6 Å². The number of anilines is 2. The largest absolute Gasteiger partial charge is 0.494 e. The molecule has 138 valence electrons. The molecule has 3 rings (SSSR count). The summed E-state index contributed by atoms with van der Waals surface area (Å²) < 4.78 is 5.37. The molecule has 1 N–H and O–H groups in total. The second-order valence-electron chi connectivity index (χ2n) is 5.82. The van der Waals surface area contributed by atoms with Gasteiger partial charge in [0.25, 0.3) is 11.8 Å². The van der Waals surface area contributed by atoms with Crippen molar-refractivity contribution in [3.63, 3.8) is 0 Å². The molecular formula is C20H17ClN2O4. The Balaban J connectivity index is 1.88. The number of nitrogens with one attached hydrogen (secondary N) is 1. The molecule has 0 saturated carbocycles. The third-order valence-corrected chi connectivity index (χ3v) is 4.28. The van der Waals surface area contributed by atoms with Crippen LogP contribution < -0.4 is 15.0 Å². The Morgan fingerprint density at radius 3 is 2.22 bits per heavy atom. The zero-order valence-electron chi connectivity index (χ0n) is 14.8. The van der Waals surface area contributed by atoms with Crippen molar-refractivity contribution in [1.82, 2.24) is 0 Å². The average Bonchev–Trinajstić information content (AvgIpc) is 2.86. The molecule has 6 nitrogen and oxygen atoms in total. The maximum Gasteiger partial charge on any atom is 0.277 e. The van der Waals surface area contributed by atoms with Gasteiger partial charge in [0.15, 0.2) is 0 Å². The standard InChI is InChI=1S/C20H17ClN2O4/c1-3-27-16-10-8-15(9-11-16)23-19(25)17(18(21)20(23)26)13-4-6-14(7-5-13)22-12(2)24/h4-11H,3H2,1-2H3,(H,22,24). The molecule has 1 aliphatic heterocycles. The number of ether oxygens (including phenoxy) is 1. The van der Waals surface area contributed by atoms with E-state index in [0.717, 1.165) is 4.90 Å². The van der Waals surface area contributed by atoms with Crippen molar-refractivity contribution in [3.05, 3.63) is 59.1 Å². The second kappa shape index (κ2) is 7.63. The summed E-state index contributed by atoms with van der Waals surface area (Å²) in [6.45, 7) is 3.79. The lowest BCUT2D eigenvalue weighted by atomic mass is 10.1. The van der Waals surface area contributed by atoms with E-state index in [-0.39, 0.29) is 16.5 Å². The minimum Gasteiger partial charge on any atom is -0.494 e. The molecule has 0 saturated heterocycles. The van der Waals surface area contributed by atoms with Gasteiger partial charge in [-0.3, -0.25) is 14.4 Å². The number of hydrogen-bond acceptors (Lipinski definition) is 4. The van der Waals surface area contributed by atoms with E-state index in [1.807, 2.05) is 6.92 Å². The Labute approximate surface area is 161 Å². The van der Waals surface area contributed by atoms with E-state index in [1.165, 1.54) is 6.92 Å². The van der Waals surface area contributed by atoms with Crippen molar-refractivity contribution in [1.29, 1.82) is 0 Å². The van der Waals surface area contributed by atoms with E-state index in [4.69, 9.17) is 16.3 Å². The summed E-state index contributed by atoms with van der Waals surface area (Å²) in [4.78, 5) is 37.6. The van der Waals surface area contributed by atoms with E-state index >= 15 is 0 Å². The fourth-order valence-electron chi connectivity index (χ4n) is 2.77. The predicted molar refractivity (Wildman–Crippen MR) is 104 cm³/mol. The minimum atomic E-state index is -0.577. The van der Waals surface area contributed by atoms with Gasteiger partial charge < -0.3 is 10.1 Å². The number of amides is 3. The molecular weight excluding hydrogens is 368 g/mol. The van der Waals surface area contributed by atoms with Crippen molar-refractivity contribution in [2.45, 2.75) is 13.8 Å². The molecule has 3 amide bonds. The lowest BCUT2D eigenvalue weighted by Gasteiger charge is -2.15. The van der Waals surface area contributed by atoms with Crippen LogP contribution in [-0.4, -0.2) is 24.3 Å². The van der Waals surface area contributed by atoms with Crippen LogP contribution in [0, 0.1) is 0 Å². The highest BCUT2D eigenvalue weighted by molar-refractivity contribution is 6.60. The van der Waals surface area contributed by atoms with Crippen LogP contribution in [0.15, 0.2) is 53.6 Å². The Kier molecular flexibility index (Phi) is 5.28. The van der Waals surface area contributed by atoms with Crippen molar-refractivity contribution < 1.29 is 19.1 Å². The lowest BCUT2D eigenvalue weighted by molar-refractivity contribution is -0.120. The van der Waals surface area contributed by atoms with Gasteiger partial charge in [0.05, 0.1) is 17.9 Å². The molecule has 7 heteroatoms. The van der Waals surface area contributed by atoms with Crippen LogP contribution in [0.1, 0.15) is 19.4 Å². The van der Waals surface area contributed by atoms with E-state index in [9.17, 15) is 14.4 Å². The Morgan fingerprint density at radius 1 is 1.04 bits per heavy atom. The summed E-state index contributed by atoms with van der Waals surface area (Å²) in [5.41, 5.74) is 1.63. The lowest BCUT2D eigenvalue weighted by Crippen LogP contribution is -2.31. The van der Waals surface area contributed by atoms with Crippen LogP contribution in [0.2, 0.25) is 0 Å². The molecule has 27 heavy (non-hydrogen) atoms. The van der Waals surface area contributed by atoms with Crippen molar-refractivity contribution in [2.24, 2.45) is 0 Å². The monoisotopic (exact) mass is 384 g/mol. The predicted octanol–water partition coefficient (Wildman–Crippen LogP) is 3.57. The highest BCUT2D eigenvalue weighted by Crippen LogP contribution is 2.35. The van der Waals surface area contributed by atoms with Crippen LogP contribution in [0.25, 0.3) is 5.57 Å².